The van der Waals surface area contributed by atoms with Crippen LogP contribution in [-0.2, 0) is 0 Å². The van der Waals surface area contributed by atoms with E-state index in [0.29, 0.717) is 17.1 Å². The Kier molecular flexibility index (Phi) is 3.68. The quantitative estimate of drug-likeness (QED) is 0.818. The van der Waals surface area contributed by atoms with Crippen LogP contribution in [0.4, 0.5) is 0 Å². The minimum atomic E-state index is -0.555. The third kappa shape index (κ3) is 2.95. The average molecular weight is 210 g/mol. The van der Waals surface area contributed by atoms with E-state index < -0.39 is 11.7 Å². The van der Waals surface area contributed by atoms with Gasteiger partial charge in [0.05, 0.1) is 24.8 Å². The maximum absolute atomic E-state index is 11.0. The Morgan fingerprint density at radius 2 is 2.27 bits per heavy atom. The summed E-state index contributed by atoms with van der Waals surface area (Å²) in [5, 5.41) is 9.10. The van der Waals surface area contributed by atoms with Crippen LogP contribution in [0.1, 0.15) is 18.2 Å². The van der Waals surface area contributed by atoms with Crippen molar-refractivity contribution in [2.24, 2.45) is 0 Å². The molecule has 0 fully saturated rings. The van der Waals surface area contributed by atoms with E-state index in [1.807, 2.05) is 0 Å². The molecule has 0 saturated carbocycles. The third-order valence-corrected chi connectivity index (χ3v) is 1.91. The van der Waals surface area contributed by atoms with Gasteiger partial charge in [-0.1, -0.05) is 6.08 Å². The molecule has 1 atom stereocenters. The highest BCUT2D eigenvalue weighted by molar-refractivity contribution is 5.58. The van der Waals surface area contributed by atoms with Crippen molar-refractivity contribution in [2.45, 2.75) is 20.0 Å². The van der Waals surface area contributed by atoms with Crippen molar-refractivity contribution in [1.29, 1.82) is 0 Å². The third-order valence-electron chi connectivity index (χ3n) is 1.91. The molecular weight excluding hydrogens is 196 g/mol. The molecule has 1 N–H and O–H groups in total. The van der Waals surface area contributed by atoms with Crippen molar-refractivity contribution >= 4 is 6.08 Å². The summed E-state index contributed by atoms with van der Waals surface area (Å²) < 4.78 is 9.96. The SMILES string of the molecule is COc1cc(=O)oc(C)c1/C=C/C(C)O. The zero-order valence-electron chi connectivity index (χ0n) is 8.98. The number of aliphatic hydroxyl groups is 1. The molecule has 0 bridgehead atoms. The average Bonchev–Trinajstić information content (AvgIpc) is 2.14. The lowest BCUT2D eigenvalue weighted by Crippen LogP contribution is -2.02. The lowest BCUT2D eigenvalue weighted by molar-refractivity contribution is 0.245. The zero-order valence-corrected chi connectivity index (χ0v) is 8.98. The van der Waals surface area contributed by atoms with Crippen LogP contribution in [0, 0.1) is 6.92 Å². The summed E-state index contributed by atoms with van der Waals surface area (Å²) in [5.41, 5.74) is 0.219. The number of ether oxygens (including phenoxy) is 1. The van der Waals surface area contributed by atoms with Gasteiger partial charge in [-0.15, -0.1) is 0 Å². The number of hydrogen-bond donors (Lipinski definition) is 1. The van der Waals surface area contributed by atoms with Crippen LogP contribution >= 0.6 is 0 Å². The molecular formula is C11H14O4. The number of aliphatic hydroxyl groups excluding tert-OH is 1. The Labute approximate surface area is 87.8 Å². The zero-order chi connectivity index (χ0) is 11.4. The van der Waals surface area contributed by atoms with Crippen molar-refractivity contribution in [3.63, 3.8) is 0 Å². The van der Waals surface area contributed by atoms with E-state index in [0.717, 1.165) is 0 Å². The predicted octanol–water partition coefficient (Wildman–Crippen LogP) is 1.35. The van der Waals surface area contributed by atoms with E-state index >= 15 is 0 Å². The van der Waals surface area contributed by atoms with Gasteiger partial charge in [-0.25, -0.2) is 4.79 Å². The van der Waals surface area contributed by atoms with Gasteiger partial charge in [-0.2, -0.15) is 0 Å². The highest BCUT2D eigenvalue weighted by Crippen LogP contribution is 2.21. The van der Waals surface area contributed by atoms with Crippen LogP contribution in [0.15, 0.2) is 21.4 Å². The molecule has 0 saturated heterocycles. The smallest absolute Gasteiger partial charge is 0.339 e. The Morgan fingerprint density at radius 3 is 2.80 bits per heavy atom. The van der Waals surface area contributed by atoms with Crippen LogP contribution in [0.5, 0.6) is 5.75 Å². The standard InChI is InChI=1S/C11H14O4/c1-7(12)4-5-9-8(2)15-11(13)6-10(9)14-3/h4-7,12H,1-3H3/b5-4+. The molecule has 1 unspecified atom stereocenters. The summed E-state index contributed by atoms with van der Waals surface area (Å²) in [5.74, 6) is 0.914. The van der Waals surface area contributed by atoms with Gasteiger partial charge in [0.25, 0.3) is 0 Å². The van der Waals surface area contributed by atoms with Crippen LogP contribution in [0.3, 0.4) is 0 Å². The highest BCUT2D eigenvalue weighted by atomic mass is 16.5. The Hall–Kier alpha value is -1.55. The van der Waals surface area contributed by atoms with Gasteiger partial charge in [0.2, 0.25) is 0 Å². The van der Waals surface area contributed by atoms with Crippen LogP contribution in [-0.4, -0.2) is 18.3 Å². The van der Waals surface area contributed by atoms with Crippen LogP contribution in [0.2, 0.25) is 0 Å². The molecule has 1 aromatic heterocycles. The number of methoxy groups -OCH3 is 1. The second-order valence-electron chi connectivity index (χ2n) is 3.20. The normalized spacial score (nSPS) is 13.1. The van der Waals surface area contributed by atoms with Crippen molar-refractivity contribution < 1.29 is 14.3 Å². The fourth-order valence-corrected chi connectivity index (χ4v) is 1.20. The molecule has 15 heavy (non-hydrogen) atoms. The molecule has 0 aliphatic rings. The van der Waals surface area contributed by atoms with Crippen molar-refractivity contribution in [3.05, 3.63) is 33.9 Å². The first-order valence-electron chi connectivity index (χ1n) is 4.59. The molecule has 1 aromatic rings. The van der Waals surface area contributed by atoms with Gasteiger partial charge in [0, 0.05) is 0 Å². The summed E-state index contributed by atoms with van der Waals surface area (Å²) in [6.07, 6.45) is 2.70. The summed E-state index contributed by atoms with van der Waals surface area (Å²) in [6, 6.07) is 1.27. The Balaban J connectivity index is 3.21. The first kappa shape index (κ1) is 11.5. The summed E-state index contributed by atoms with van der Waals surface area (Å²) in [4.78, 5) is 11.0. The lowest BCUT2D eigenvalue weighted by Gasteiger charge is -2.06. The highest BCUT2D eigenvalue weighted by Gasteiger charge is 2.07. The van der Waals surface area contributed by atoms with Gasteiger partial charge >= 0.3 is 5.63 Å². The molecule has 0 aliphatic heterocycles. The second kappa shape index (κ2) is 4.79. The Bertz CT molecular complexity index is 415. The monoisotopic (exact) mass is 210 g/mol. The molecule has 1 rings (SSSR count). The van der Waals surface area contributed by atoms with E-state index in [1.54, 1.807) is 26.0 Å². The van der Waals surface area contributed by atoms with Crippen LogP contribution < -0.4 is 10.4 Å². The predicted molar refractivity (Wildman–Crippen MR) is 57.0 cm³/mol. The molecule has 0 spiro atoms. The number of hydrogen-bond acceptors (Lipinski definition) is 4. The number of rotatable bonds is 3. The summed E-state index contributed by atoms with van der Waals surface area (Å²) in [7, 11) is 1.48. The minimum Gasteiger partial charge on any atom is -0.496 e. The first-order chi connectivity index (χ1) is 7.04. The fraction of sp³-hybridized carbons (Fsp3) is 0.364. The van der Waals surface area contributed by atoms with Gasteiger partial charge in [0.15, 0.2) is 0 Å². The molecule has 0 aromatic carbocycles. The van der Waals surface area contributed by atoms with Crippen molar-refractivity contribution in [2.75, 3.05) is 7.11 Å². The second-order valence-corrected chi connectivity index (χ2v) is 3.20. The fourth-order valence-electron chi connectivity index (χ4n) is 1.20. The van der Waals surface area contributed by atoms with E-state index in [2.05, 4.69) is 0 Å². The topological polar surface area (TPSA) is 59.7 Å². The van der Waals surface area contributed by atoms with Crippen LogP contribution in [0.25, 0.3) is 6.08 Å². The minimum absolute atomic E-state index is 0.445. The molecule has 0 amide bonds. The van der Waals surface area contributed by atoms with Gasteiger partial charge in [0.1, 0.15) is 11.5 Å². The van der Waals surface area contributed by atoms with E-state index in [9.17, 15) is 4.79 Å². The molecule has 4 heteroatoms. The molecule has 0 aliphatic carbocycles. The Morgan fingerprint density at radius 1 is 1.60 bits per heavy atom. The number of aryl methyl sites for hydroxylation is 1. The summed E-state index contributed by atoms with van der Waals surface area (Å²) >= 11 is 0. The molecule has 0 radical (unpaired) electrons. The molecule has 4 nitrogen and oxygen atoms in total. The molecule has 1 heterocycles. The van der Waals surface area contributed by atoms with Crippen molar-refractivity contribution in [3.8, 4) is 5.75 Å². The van der Waals surface area contributed by atoms with E-state index in [1.165, 1.54) is 13.2 Å². The van der Waals surface area contributed by atoms with Gasteiger partial charge in [-0.05, 0) is 19.9 Å². The largest absolute Gasteiger partial charge is 0.496 e. The maximum Gasteiger partial charge on any atom is 0.339 e. The van der Waals surface area contributed by atoms with Gasteiger partial charge in [-0.3, -0.25) is 0 Å². The maximum atomic E-state index is 11.0. The van der Waals surface area contributed by atoms with E-state index in [4.69, 9.17) is 14.3 Å². The molecule has 82 valence electrons. The van der Waals surface area contributed by atoms with Crippen molar-refractivity contribution in [1.82, 2.24) is 0 Å². The first-order valence-corrected chi connectivity index (χ1v) is 4.59. The van der Waals surface area contributed by atoms with Gasteiger partial charge < -0.3 is 14.3 Å². The van der Waals surface area contributed by atoms with E-state index in [-0.39, 0.29) is 0 Å². The summed E-state index contributed by atoms with van der Waals surface area (Å²) in [6.45, 7) is 3.31. The lowest BCUT2D eigenvalue weighted by atomic mass is 10.1.